The number of aryl methyl sites for hydroxylation is 1. The quantitative estimate of drug-likeness (QED) is 0.138. The van der Waals surface area contributed by atoms with Crippen LogP contribution in [0.15, 0.2) is 205 Å². The molecule has 6 aliphatic carbocycles. The third-order valence-corrected chi connectivity index (χ3v) is 16.3. The molecule has 0 radical (unpaired) electrons. The minimum absolute atomic E-state index is 0.0486. The van der Waals surface area contributed by atoms with Crippen LogP contribution in [0.1, 0.15) is 125 Å². The van der Waals surface area contributed by atoms with E-state index in [1.54, 1.807) is 0 Å². The molecule has 7 aromatic carbocycles. The first-order chi connectivity index (χ1) is 33.7. The van der Waals surface area contributed by atoms with Gasteiger partial charge in [-0.1, -0.05) is 201 Å². The first-order valence-electron chi connectivity index (χ1n) is 25.4. The fraction of sp³-hybridized carbons (Fsp3) is 0.194. The second kappa shape index (κ2) is 16.8. The van der Waals surface area contributed by atoms with Gasteiger partial charge in [0, 0.05) is 22.5 Å². The lowest BCUT2D eigenvalue weighted by molar-refractivity contribution is 0.353. The highest BCUT2D eigenvalue weighted by Gasteiger charge is 2.48. The summed E-state index contributed by atoms with van der Waals surface area (Å²) in [4.78, 5) is 2.47. The number of hydrogen-bond donors (Lipinski definition) is 0. The number of fused-ring (bicyclic) bond motifs is 8. The maximum atomic E-state index is 2.55. The van der Waals surface area contributed by atoms with E-state index in [9.17, 15) is 0 Å². The van der Waals surface area contributed by atoms with Gasteiger partial charge in [0.2, 0.25) is 0 Å². The number of allylic oxidation sites excluding steroid dienone is 8. The summed E-state index contributed by atoms with van der Waals surface area (Å²) >= 11 is 0. The Morgan fingerprint density at radius 2 is 1.18 bits per heavy atom. The number of para-hydroxylation sites is 1. The molecular weight excluding hydrogens is 819 g/mol. The maximum Gasteiger partial charge on any atom is 0.0710 e. The van der Waals surface area contributed by atoms with Crippen molar-refractivity contribution in [3.05, 3.63) is 267 Å². The second-order valence-electron chi connectivity index (χ2n) is 20.0. The van der Waals surface area contributed by atoms with Crippen LogP contribution in [0.4, 0.5) is 11.4 Å². The van der Waals surface area contributed by atoms with Crippen LogP contribution in [0.5, 0.6) is 0 Å². The summed E-state index contributed by atoms with van der Waals surface area (Å²) < 4.78 is 0. The molecule has 1 heteroatoms. The highest BCUT2D eigenvalue weighted by atomic mass is 15.1. The summed E-state index contributed by atoms with van der Waals surface area (Å²) in [6.45, 7) is 0. The molecule has 0 N–H and O–H groups in total. The summed E-state index contributed by atoms with van der Waals surface area (Å²) in [6, 6.07) is 62.3. The Hall–Kier alpha value is -7.22. The molecule has 68 heavy (non-hydrogen) atoms. The van der Waals surface area contributed by atoms with Crippen LogP contribution in [-0.2, 0) is 17.3 Å². The van der Waals surface area contributed by atoms with Crippen LogP contribution < -0.4 is 4.90 Å². The fourth-order valence-corrected chi connectivity index (χ4v) is 13.3. The van der Waals surface area contributed by atoms with Gasteiger partial charge in [-0.2, -0.15) is 0 Å². The molecule has 0 bridgehead atoms. The van der Waals surface area contributed by atoms with Crippen molar-refractivity contribution in [1.29, 1.82) is 0 Å². The van der Waals surface area contributed by atoms with Crippen molar-refractivity contribution in [2.75, 3.05) is 4.90 Å². The van der Waals surface area contributed by atoms with Crippen molar-refractivity contribution >= 4 is 40.7 Å². The van der Waals surface area contributed by atoms with Gasteiger partial charge in [-0.15, -0.1) is 0 Å². The van der Waals surface area contributed by atoms with Gasteiger partial charge in [-0.3, -0.25) is 0 Å². The zero-order chi connectivity index (χ0) is 45.1. The van der Waals surface area contributed by atoms with E-state index in [4.69, 9.17) is 0 Å². The van der Waals surface area contributed by atoms with Gasteiger partial charge in [0.15, 0.2) is 0 Å². The fourth-order valence-electron chi connectivity index (χ4n) is 13.3. The van der Waals surface area contributed by atoms with Crippen molar-refractivity contribution in [1.82, 2.24) is 0 Å². The zero-order valence-electron chi connectivity index (χ0n) is 38.9. The Bertz CT molecular complexity index is 3250. The van der Waals surface area contributed by atoms with E-state index in [0.717, 1.165) is 38.5 Å². The summed E-state index contributed by atoms with van der Waals surface area (Å²) in [5, 5.41) is 0. The molecule has 6 aliphatic rings. The predicted octanol–water partition coefficient (Wildman–Crippen LogP) is 17.4. The Balaban J connectivity index is 0.819. The van der Waals surface area contributed by atoms with Crippen molar-refractivity contribution < 1.29 is 0 Å². The molecule has 330 valence electrons. The lowest BCUT2D eigenvalue weighted by Gasteiger charge is -2.37. The van der Waals surface area contributed by atoms with Crippen LogP contribution >= 0.6 is 0 Å². The van der Waals surface area contributed by atoms with Crippen LogP contribution in [0.25, 0.3) is 40.5 Å². The molecule has 0 amide bonds. The number of rotatable bonds is 8. The van der Waals surface area contributed by atoms with Gasteiger partial charge in [-0.05, 0) is 171 Å². The maximum absolute atomic E-state index is 2.55. The summed E-state index contributed by atoms with van der Waals surface area (Å²) in [5.41, 5.74) is 26.1. The molecule has 0 atom stereocenters. The van der Waals surface area contributed by atoms with E-state index >= 15 is 0 Å². The SMILES string of the molecule is C1=CC(N(c2ccccc2)c2ccc3c(c2)C2(CCCCC2)c2cc(/C=C/c4ccc5c(c4)CCC(c4cccc6c4C4=C(C=CCC4)C6(c4ccccc4)c4ccccc4)=C5)ccc2-3)=CCC1. The summed E-state index contributed by atoms with van der Waals surface area (Å²) in [7, 11) is 0. The molecule has 7 aromatic rings. The van der Waals surface area contributed by atoms with E-state index < -0.39 is 0 Å². The third-order valence-electron chi connectivity index (χ3n) is 16.3. The minimum atomic E-state index is -0.341. The minimum Gasteiger partial charge on any atom is -0.311 e. The number of hydrogen-bond acceptors (Lipinski definition) is 1. The number of nitrogens with zero attached hydrogens (tertiary/aromatic N) is 1. The lowest BCUT2D eigenvalue weighted by Crippen LogP contribution is -2.29. The average molecular weight is 876 g/mol. The van der Waals surface area contributed by atoms with Crippen molar-refractivity contribution in [2.24, 2.45) is 0 Å². The Morgan fingerprint density at radius 1 is 0.485 bits per heavy atom. The van der Waals surface area contributed by atoms with Crippen molar-refractivity contribution in [3.63, 3.8) is 0 Å². The molecule has 1 fully saturated rings. The smallest absolute Gasteiger partial charge is 0.0710 e. The van der Waals surface area contributed by atoms with Gasteiger partial charge >= 0.3 is 0 Å². The predicted molar refractivity (Wildman–Crippen MR) is 287 cm³/mol. The van der Waals surface area contributed by atoms with E-state index in [2.05, 4.69) is 217 Å². The molecular formula is C67H57N. The highest BCUT2D eigenvalue weighted by molar-refractivity contribution is 5.97. The van der Waals surface area contributed by atoms with Crippen LogP contribution in [0.3, 0.4) is 0 Å². The molecule has 0 heterocycles. The monoisotopic (exact) mass is 875 g/mol. The topological polar surface area (TPSA) is 3.24 Å². The summed E-state index contributed by atoms with van der Waals surface area (Å²) in [6.07, 6.45) is 31.8. The molecule has 1 saturated carbocycles. The van der Waals surface area contributed by atoms with E-state index in [-0.39, 0.29) is 10.8 Å². The largest absolute Gasteiger partial charge is 0.311 e. The molecule has 1 spiro atoms. The average Bonchev–Trinajstić information content (AvgIpc) is 3.86. The number of benzene rings is 7. The lowest BCUT2D eigenvalue weighted by atomic mass is 9.66. The molecule has 0 aliphatic heterocycles. The van der Waals surface area contributed by atoms with E-state index in [0.29, 0.717) is 0 Å². The van der Waals surface area contributed by atoms with E-state index in [1.807, 2.05) is 0 Å². The van der Waals surface area contributed by atoms with Gasteiger partial charge in [0.05, 0.1) is 5.41 Å². The zero-order valence-corrected chi connectivity index (χ0v) is 38.9. The van der Waals surface area contributed by atoms with Crippen LogP contribution in [0.2, 0.25) is 0 Å². The van der Waals surface area contributed by atoms with Crippen molar-refractivity contribution in [3.8, 4) is 11.1 Å². The molecule has 13 rings (SSSR count). The van der Waals surface area contributed by atoms with Gasteiger partial charge < -0.3 is 4.90 Å². The highest BCUT2D eigenvalue weighted by Crippen LogP contribution is 2.60. The first kappa shape index (κ1) is 41.0. The van der Waals surface area contributed by atoms with Crippen LogP contribution in [-0.4, -0.2) is 0 Å². The molecule has 0 aromatic heterocycles. The van der Waals surface area contributed by atoms with Crippen LogP contribution in [0, 0.1) is 0 Å². The second-order valence-corrected chi connectivity index (χ2v) is 20.0. The Labute approximate surface area is 402 Å². The first-order valence-corrected chi connectivity index (χ1v) is 25.4. The van der Waals surface area contributed by atoms with Crippen molar-refractivity contribution in [2.45, 2.75) is 81.5 Å². The third kappa shape index (κ3) is 6.57. The number of anilines is 2. The van der Waals surface area contributed by atoms with Gasteiger partial charge in [-0.25, -0.2) is 0 Å². The Morgan fingerprint density at radius 3 is 1.93 bits per heavy atom. The molecule has 0 saturated heterocycles. The standard InChI is InChI=1S/C67H57N/c1-6-19-52(20-7-1)67(53-21-8-2-9-22-53)61-29-15-14-27-60(61)65-57(28-18-30-62(65)67)51-37-36-49-43-47(33-35-50(49)45-51)31-32-48-34-39-58-59-40-38-56(46-64(59)66(63(58)44-48)41-16-5-17-42-66)68(54-23-10-3-11-24-54)55-25-12-4-13-26-55/h1-3,6-12,15,18-26,28-35,38-40,43-46H,4-5,13-14,16-17,27,36-37,41-42H2/b32-31+. The van der Waals surface area contributed by atoms with Gasteiger partial charge in [0.1, 0.15) is 0 Å². The normalized spacial score (nSPS) is 18.1. The molecule has 1 nitrogen and oxygen atoms in total. The summed E-state index contributed by atoms with van der Waals surface area (Å²) in [5.74, 6) is 0. The van der Waals surface area contributed by atoms with E-state index in [1.165, 1.54) is 138 Å². The molecule has 0 unspecified atom stereocenters. The Kier molecular flexibility index (Phi) is 10.1. The van der Waals surface area contributed by atoms with Gasteiger partial charge in [0.25, 0.3) is 0 Å².